The molecule has 0 spiro atoms. The smallest absolute Gasteiger partial charge is 0.170 e. The summed E-state index contributed by atoms with van der Waals surface area (Å²) < 4.78 is 0. The molecule has 3 heteroatoms. The highest BCUT2D eigenvalue weighted by molar-refractivity contribution is 7.04. The Kier molecular flexibility index (Phi) is 5.92. The molecule has 0 aliphatic heterocycles. The zero-order chi connectivity index (χ0) is 25.0. The van der Waals surface area contributed by atoms with Gasteiger partial charge in [0.1, 0.15) is 8.07 Å². The first-order valence-corrected chi connectivity index (χ1v) is 18.8. The molecule has 0 fully saturated rings. The van der Waals surface area contributed by atoms with E-state index in [1.165, 1.54) is 27.6 Å². The lowest BCUT2D eigenvalue weighted by Crippen LogP contribution is -2.65. The molecule has 180 valence electrons. The van der Waals surface area contributed by atoms with Crippen LogP contribution < -0.4 is 10.4 Å². The summed E-state index contributed by atoms with van der Waals surface area (Å²) in [6, 6.07) is 32.2. The minimum absolute atomic E-state index is 0.0531. The highest BCUT2D eigenvalue weighted by Crippen LogP contribution is 2.55. The van der Waals surface area contributed by atoms with Crippen molar-refractivity contribution >= 4 is 37.9 Å². The van der Waals surface area contributed by atoms with E-state index >= 15 is 0 Å². The molecule has 3 aromatic rings. The molecule has 2 aliphatic rings. The summed E-state index contributed by atoms with van der Waals surface area (Å²) in [5, 5.41) is 4.82. The van der Waals surface area contributed by atoms with Gasteiger partial charge in [0.05, 0.1) is 8.07 Å². The second kappa shape index (κ2) is 8.56. The molecule has 0 aromatic heterocycles. The van der Waals surface area contributed by atoms with E-state index in [2.05, 4.69) is 113 Å². The van der Waals surface area contributed by atoms with Gasteiger partial charge in [-0.2, -0.15) is 0 Å². The number of carbonyl (C=O) groups is 1. The van der Waals surface area contributed by atoms with Gasteiger partial charge in [-0.15, -0.1) is 0 Å². The highest BCUT2D eigenvalue weighted by atomic mass is 28.3. The number of benzene rings is 3. The van der Waals surface area contributed by atoms with E-state index in [1.54, 1.807) is 5.20 Å². The van der Waals surface area contributed by atoms with Crippen LogP contribution >= 0.6 is 0 Å². The second-order valence-corrected chi connectivity index (χ2v) is 22.5. The van der Waals surface area contributed by atoms with E-state index in [4.69, 9.17) is 0 Å². The summed E-state index contributed by atoms with van der Waals surface area (Å²) in [7, 11) is -3.90. The van der Waals surface area contributed by atoms with Gasteiger partial charge < -0.3 is 0 Å². The van der Waals surface area contributed by atoms with E-state index in [1.807, 2.05) is 12.1 Å². The average molecular weight is 495 g/mol. The van der Waals surface area contributed by atoms with Gasteiger partial charge in [0, 0.05) is 11.5 Å². The number of rotatable bonds is 5. The fourth-order valence-corrected chi connectivity index (χ4v) is 15.8. The summed E-state index contributed by atoms with van der Waals surface area (Å²) in [4.78, 5) is 13.6. The fraction of sp³-hybridized carbons (Fsp3) is 0.344. The van der Waals surface area contributed by atoms with E-state index in [0.29, 0.717) is 11.7 Å². The van der Waals surface area contributed by atoms with Crippen molar-refractivity contribution in [2.45, 2.75) is 57.9 Å². The third-order valence-electron chi connectivity index (χ3n) is 8.54. The lowest BCUT2D eigenvalue weighted by molar-refractivity contribution is 0.0953. The summed E-state index contributed by atoms with van der Waals surface area (Å²) in [6.45, 7) is 14.8. The summed E-state index contributed by atoms with van der Waals surface area (Å²) >= 11 is 0. The van der Waals surface area contributed by atoms with Gasteiger partial charge in [0.25, 0.3) is 0 Å². The number of Topliss-reactive ketones (excluding diaryl/α,β-unsaturated/α-hetero) is 1. The molecular formula is C32H38OSi2. The average Bonchev–Trinajstić information content (AvgIpc) is 3.33. The molecular weight excluding hydrogens is 457 g/mol. The molecule has 0 heterocycles. The Morgan fingerprint density at radius 2 is 1.23 bits per heavy atom. The highest BCUT2D eigenvalue weighted by Gasteiger charge is 2.54. The molecule has 35 heavy (non-hydrogen) atoms. The largest absolute Gasteiger partial charge is 0.293 e. The molecule has 0 radical (unpaired) electrons. The predicted octanol–water partition coefficient (Wildman–Crippen LogP) is 7.21. The number of ketones is 1. The van der Waals surface area contributed by atoms with Crippen LogP contribution in [0.3, 0.4) is 0 Å². The third kappa shape index (κ3) is 3.84. The van der Waals surface area contributed by atoms with Gasteiger partial charge in [-0.1, -0.05) is 141 Å². The number of carbonyl (C=O) groups excluding carboxylic acids is 1. The Bertz CT molecular complexity index is 1240. The van der Waals surface area contributed by atoms with Crippen molar-refractivity contribution in [2.75, 3.05) is 0 Å². The van der Waals surface area contributed by atoms with Crippen molar-refractivity contribution in [3.63, 3.8) is 0 Å². The molecule has 2 aliphatic carbocycles. The lowest BCUT2D eigenvalue weighted by atomic mass is 9.99. The first-order chi connectivity index (χ1) is 16.6. The topological polar surface area (TPSA) is 17.1 Å². The minimum Gasteiger partial charge on any atom is -0.293 e. The zero-order valence-electron chi connectivity index (χ0n) is 22.1. The Balaban J connectivity index is 1.73. The van der Waals surface area contributed by atoms with Crippen molar-refractivity contribution in [3.05, 3.63) is 101 Å². The molecule has 0 amide bonds. The maximum Gasteiger partial charge on any atom is 0.170 e. The van der Waals surface area contributed by atoms with Crippen LogP contribution in [-0.4, -0.2) is 21.9 Å². The Hall–Kier alpha value is -2.50. The number of allylic oxidation sites excluding steroid dienone is 2. The van der Waals surface area contributed by atoms with Crippen LogP contribution in [0.2, 0.25) is 30.7 Å². The molecule has 3 aromatic carbocycles. The molecule has 0 saturated carbocycles. The van der Waals surface area contributed by atoms with Gasteiger partial charge in [-0.05, 0) is 34.6 Å². The van der Waals surface area contributed by atoms with Crippen LogP contribution in [-0.2, 0) is 0 Å². The number of fused-ring (bicyclic) bond motifs is 3. The lowest BCUT2D eigenvalue weighted by Gasteiger charge is -2.47. The summed E-state index contributed by atoms with van der Waals surface area (Å²) in [5.41, 5.74) is 3.59. The maximum absolute atomic E-state index is 13.6. The normalized spacial score (nSPS) is 20.2. The van der Waals surface area contributed by atoms with Gasteiger partial charge in [-0.25, -0.2) is 0 Å². The van der Waals surface area contributed by atoms with Gasteiger partial charge in [0.2, 0.25) is 0 Å². The van der Waals surface area contributed by atoms with Crippen LogP contribution in [0.1, 0.15) is 43.1 Å². The van der Waals surface area contributed by atoms with E-state index < -0.39 is 16.1 Å². The van der Waals surface area contributed by atoms with Crippen LogP contribution in [0.5, 0.6) is 0 Å². The van der Waals surface area contributed by atoms with E-state index in [0.717, 1.165) is 12.0 Å². The monoisotopic (exact) mass is 494 g/mol. The van der Waals surface area contributed by atoms with Crippen LogP contribution in [0, 0.1) is 11.8 Å². The molecule has 0 N–H and O–H groups in total. The van der Waals surface area contributed by atoms with Crippen molar-refractivity contribution < 1.29 is 4.79 Å². The zero-order valence-corrected chi connectivity index (χ0v) is 24.1. The molecule has 0 saturated heterocycles. The first-order valence-electron chi connectivity index (χ1n) is 13.0. The van der Waals surface area contributed by atoms with Crippen LogP contribution in [0.15, 0.2) is 90.1 Å². The van der Waals surface area contributed by atoms with Gasteiger partial charge in [-0.3, -0.25) is 4.79 Å². The molecule has 5 rings (SSSR count). The minimum atomic E-state index is -2.22. The van der Waals surface area contributed by atoms with Crippen molar-refractivity contribution in [1.82, 2.24) is 0 Å². The van der Waals surface area contributed by atoms with E-state index in [9.17, 15) is 4.79 Å². The Morgan fingerprint density at radius 3 is 1.71 bits per heavy atom. The molecule has 0 bridgehead atoms. The Labute approximate surface area is 213 Å². The molecule has 0 unspecified atom stereocenters. The van der Waals surface area contributed by atoms with Crippen molar-refractivity contribution in [3.8, 4) is 0 Å². The third-order valence-corrected chi connectivity index (χ3v) is 17.1. The predicted molar refractivity (Wildman–Crippen MR) is 155 cm³/mol. The van der Waals surface area contributed by atoms with Crippen LogP contribution in [0.4, 0.5) is 0 Å². The van der Waals surface area contributed by atoms with Gasteiger partial charge in [0.15, 0.2) is 5.78 Å². The number of hydrogen-bond donors (Lipinski definition) is 0. The quantitative estimate of drug-likeness (QED) is 0.342. The van der Waals surface area contributed by atoms with Crippen molar-refractivity contribution in [1.29, 1.82) is 0 Å². The standard InChI is InChI=1S/C32H38OSi2/c1-32(2,3)35(24-15-9-7-10-16-24,25-17-11-8-12-18-25)22-23-21-28-29(31(23)34(4,5)6)26-19-13-14-20-27(26)30(28)33/h7-20,23,28H,21-22H2,1-6H3/t23-,28+/m1/s1. The molecule has 2 atom stereocenters. The SMILES string of the molecule is CC(C)(C)[Si](C[C@H]1C[C@@H]2C(=O)c3ccccc3C2=C1[Si](C)(C)C)(c1ccccc1)c1ccccc1. The van der Waals surface area contributed by atoms with Crippen LogP contribution in [0.25, 0.3) is 5.57 Å². The van der Waals surface area contributed by atoms with Gasteiger partial charge >= 0.3 is 0 Å². The second-order valence-electron chi connectivity index (χ2n) is 12.6. The van der Waals surface area contributed by atoms with Crippen molar-refractivity contribution in [2.24, 2.45) is 11.8 Å². The summed E-state index contributed by atoms with van der Waals surface area (Å²) in [5.74, 6) is 0.874. The molecule has 1 nitrogen and oxygen atoms in total. The first kappa shape index (κ1) is 24.2. The number of hydrogen-bond acceptors (Lipinski definition) is 1. The fourth-order valence-electron chi connectivity index (χ4n) is 7.21. The van der Waals surface area contributed by atoms with E-state index in [-0.39, 0.29) is 11.0 Å². The maximum atomic E-state index is 13.6. The summed E-state index contributed by atoms with van der Waals surface area (Å²) in [6.07, 6.45) is 0.979. The Morgan fingerprint density at radius 1 is 0.743 bits per heavy atom.